The molecular formula is C14H24N2O. The summed E-state index contributed by atoms with van der Waals surface area (Å²) in [4.78, 5) is 0. The van der Waals surface area contributed by atoms with Gasteiger partial charge in [-0.1, -0.05) is 18.5 Å². The Morgan fingerprint density at radius 3 is 2.82 bits per heavy atom. The third-order valence-electron chi connectivity index (χ3n) is 3.59. The predicted molar refractivity (Wildman–Crippen MR) is 68.9 cm³/mol. The number of nitrogens with one attached hydrogen (secondary N) is 1. The van der Waals surface area contributed by atoms with Gasteiger partial charge < -0.3 is 9.84 Å². The van der Waals surface area contributed by atoms with Crippen molar-refractivity contribution >= 4 is 0 Å². The van der Waals surface area contributed by atoms with E-state index < -0.39 is 0 Å². The average Bonchev–Trinajstić information content (AvgIpc) is 2.67. The van der Waals surface area contributed by atoms with Crippen LogP contribution in [0.2, 0.25) is 0 Å². The highest BCUT2D eigenvalue weighted by molar-refractivity contribution is 5.26. The molecule has 0 bridgehead atoms. The lowest BCUT2D eigenvalue weighted by Crippen LogP contribution is -2.35. The van der Waals surface area contributed by atoms with E-state index in [2.05, 4.69) is 38.2 Å². The molecule has 3 heteroatoms. The highest BCUT2D eigenvalue weighted by atomic mass is 16.5. The van der Waals surface area contributed by atoms with Gasteiger partial charge in [-0.15, -0.1) is 0 Å². The normalized spacial score (nSPS) is 20.4. The fourth-order valence-corrected chi connectivity index (χ4v) is 2.37. The van der Waals surface area contributed by atoms with Gasteiger partial charge in [0.15, 0.2) is 0 Å². The van der Waals surface area contributed by atoms with E-state index in [9.17, 15) is 0 Å². The Balaban J connectivity index is 2.07. The van der Waals surface area contributed by atoms with E-state index in [1.807, 2.05) is 0 Å². The maximum atomic E-state index is 5.46. The summed E-state index contributed by atoms with van der Waals surface area (Å²) >= 11 is 0. The molecule has 1 unspecified atom stereocenters. The van der Waals surface area contributed by atoms with Crippen molar-refractivity contribution in [2.75, 3.05) is 0 Å². The zero-order chi connectivity index (χ0) is 12.5. The molecule has 0 saturated heterocycles. The molecule has 0 saturated carbocycles. The number of rotatable bonds is 3. The van der Waals surface area contributed by atoms with Crippen LogP contribution in [0.1, 0.15) is 57.6 Å². The summed E-state index contributed by atoms with van der Waals surface area (Å²) in [7, 11) is 0. The van der Waals surface area contributed by atoms with E-state index in [-0.39, 0.29) is 5.54 Å². The molecule has 0 aromatic carbocycles. The second-order valence-corrected chi connectivity index (χ2v) is 6.15. The standard InChI is InChI=1S/C14H24N2O/c1-5-10-6-7-13-11(8-10)12(16-17-13)9-15-14(2,3)4/h10,15H,5-9H2,1-4H3. The average molecular weight is 236 g/mol. The van der Waals surface area contributed by atoms with Gasteiger partial charge in [0.2, 0.25) is 0 Å². The molecule has 1 heterocycles. The van der Waals surface area contributed by atoms with Gasteiger partial charge in [0, 0.05) is 24.1 Å². The molecule has 96 valence electrons. The van der Waals surface area contributed by atoms with Crippen molar-refractivity contribution in [3.05, 3.63) is 17.0 Å². The summed E-state index contributed by atoms with van der Waals surface area (Å²) in [5.74, 6) is 1.94. The molecule has 0 amide bonds. The molecule has 0 radical (unpaired) electrons. The van der Waals surface area contributed by atoms with Crippen LogP contribution in [0.3, 0.4) is 0 Å². The van der Waals surface area contributed by atoms with Crippen LogP contribution in [0.5, 0.6) is 0 Å². The van der Waals surface area contributed by atoms with Crippen molar-refractivity contribution in [1.82, 2.24) is 10.5 Å². The van der Waals surface area contributed by atoms with Crippen LogP contribution < -0.4 is 5.32 Å². The van der Waals surface area contributed by atoms with E-state index >= 15 is 0 Å². The number of hydrogen-bond acceptors (Lipinski definition) is 3. The zero-order valence-corrected chi connectivity index (χ0v) is 11.5. The number of fused-ring (bicyclic) bond motifs is 1. The van der Waals surface area contributed by atoms with E-state index in [0.29, 0.717) is 0 Å². The Labute approximate surface area is 104 Å². The minimum absolute atomic E-state index is 0.130. The summed E-state index contributed by atoms with van der Waals surface area (Å²) in [6, 6.07) is 0. The molecule has 0 aliphatic heterocycles. The summed E-state index contributed by atoms with van der Waals surface area (Å²) in [5, 5.41) is 7.72. The third-order valence-corrected chi connectivity index (χ3v) is 3.59. The van der Waals surface area contributed by atoms with Gasteiger partial charge in [-0.2, -0.15) is 0 Å². The van der Waals surface area contributed by atoms with Crippen molar-refractivity contribution in [3.63, 3.8) is 0 Å². The van der Waals surface area contributed by atoms with E-state index in [0.717, 1.165) is 36.8 Å². The largest absolute Gasteiger partial charge is 0.361 e. The highest BCUT2D eigenvalue weighted by Crippen LogP contribution is 2.29. The highest BCUT2D eigenvalue weighted by Gasteiger charge is 2.25. The quantitative estimate of drug-likeness (QED) is 0.876. The first kappa shape index (κ1) is 12.6. The molecule has 0 spiro atoms. The molecule has 1 aliphatic carbocycles. The Morgan fingerprint density at radius 1 is 1.41 bits per heavy atom. The lowest BCUT2D eigenvalue weighted by molar-refractivity contribution is 0.341. The minimum Gasteiger partial charge on any atom is -0.361 e. The van der Waals surface area contributed by atoms with Gasteiger partial charge >= 0.3 is 0 Å². The molecule has 1 aromatic heterocycles. The molecule has 0 fully saturated rings. The molecule has 3 nitrogen and oxygen atoms in total. The maximum Gasteiger partial charge on any atom is 0.140 e. The Bertz CT molecular complexity index is 376. The maximum absolute atomic E-state index is 5.46. The number of aromatic nitrogens is 1. The number of aryl methyl sites for hydroxylation is 1. The molecule has 1 aromatic rings. The zero-order valence-electron chi connectivity index (χ0n) is 11.5. The van der Waals surface area contributed by atoms with Gasteiger partial charge in [0.1, 0.15) is 11.5 Å². The molecular weight excluding hydrogens is 212 g/mol. The summed E-state index contributed by atoms with van der Waals surface area (Å²) in [6.07, 6.45) is 4.73. The molecule has 2 rings (SSSR count). The molecule has 17 heavy (non-hydrogen) atoms. The first-order valence-corrected chi connectivity index (χ1v) is 6.71. The third kappa shape index (κ3) is 3.09. The van der Waals surface area contributed by atoms with Crippen LogP contribution in [0.15, 0.2) is 4.52 Å². The smallest absolute Gasteiger partial charge is 0.140 e. The lowest BCUT2D eigenvalue weighted by Gasteiger charge is -2.22. The van der Waals surface area contributed by atoms with Crippen LogP contribution in [0.4, 0.5) is 0 Å². The fourth-order valence-electron chi connectivity index (χ4n) is 2.37. The lowest BCUT2D eigenvalue weighted by atomic mass is 9.85. The van der Waals surface area contributed by atoms with E-state index in [4.69, 9.17) is 4.52 Å². The second-order valence-electron chi connectivity index (χ2n) is 6.15. The van der Waals surface area contributed by atoms with Crippen LogP contribution in [-0.4, -0.2) is 10.7 Å². The molecule has 1 N–H and O–H groups in total. The van der Waals surface area contributed by atoms with Crippen molar-refractivity contribution in [2.45, 2.75) is 65.5 Å². The van der Waals surface area contributed by atoms with Crippen molar-refractivity contribution < 1.29 is 4.52 Å². The minimum atomic E-state index is 0.130. The Kier molecular flexibility index (Phi) is 3.57. The first-order chi connectivity index (χ1) is 7.99. The topological polar surface area (TPSA) is 38.1 Å². The second kappa shape index (κ2) is 4.81. The van der Waals surface area contributed by atoms with Gasteiger partial charge in [0.05, 0.1) is 0 Å². The molecule has 1 atom stereocenters. The number of nitrogens with zero attached hydrogens (tertiary/aromatic N) is 1. The Hall–Kier alpha value is -0.830. The predicted octanol–water partition coefficient (Wildman–Crippen LogP) is 3.08. The van der Waals surface area contributed by atoms with Crippen LogP contribution >= 0.6 is 0 Å². The van der Waals surface area contributed by atoms with Gasteiger partial charge in [-0.3, -0.25) is 0 Å². The van der Waals surface area contributed by atoms with Gasteiger partial charge in [-0.05, 0) is 39.5 Å². The van der Waals surface area contributed by atoms with Crippen LogP contribution in [0, 0.1) is 5.92 Å². The van der Waals surface area contributed by atoms with E-state index in [1.54, 1.807) is 0 Å². The van der Waals surface area contributed by atoms with Crippen LogP contribution in [-0.2, 0) is 19.4 Å². The van der Waals surface area contributed by atoms with Crippen molar-refractivity contribution in [3.8, 4) is 0 Å². The van der Waals surface area contributed by atoms with Gasteiger partial charge in [-0.25, -0.2) is 0 Å². The number of hydrogen-bond donors (Lipinski definition) is 1. The van der Waals surface area contributed by atoms with Crippen molar-refractivity contribution in [1.29, 1.82) is 0 Å². The van der Waals surface area contributed by atoms with Crippen molar-refractivity contribution in [2.24, 2.45) is 5.92 Å². The van der Waals surface area contributed by atoms with Crippen LogP contribution in [0.25, 0.3) is 0 Å². The first-order valence-electron chi connectivity index (χ1n) is 6.71. The summed E-state index contributed by atoms with van der Waals surface area (Å²) in [5.41, 5.74) is 2.62. The molecule has 1 aliphatic rings. The monoisotopic (exact) mass is 236 g/mol. The summed E-state index contributed by atoms with van der Waals surface area (Å²) < 4.78 is 5.46. The fraction of sp³-hybridized carbons (Fsp3) is 0.786. The van der Waals surface area contributed by atoms with E-state index in [1.165, 1.54) is 18.4 Å². The SMILES string of the molecule is CCC1CCc2onc(CNC(C)(C)C)c2C1. The Morgan fingerprint density at radius 2 is 2.18 bits per heavy atom. The van der Waals surface area contributed by atoms with Gasteiger partial charge in [0.25, 0.3) is 0 Å². The summed E-state index contributed by atoms with van der Waals surface area (Å²) in [6.45, 7) is 9.62.